The van der Waals surface area contributed by atoms with E-state index in [0.717, 1.165) is 0 Å². The first-order valence-corrected chi connectivity index (χ1v) is 6.99. The van der Waals surface area contributed by atoms with E-state index in [2.05, 4.69) is 50.1 Å². The van der Waals surface area contributed by atoms with Crippen LogP contribution in [0.1, 0.15) is 55.4 Å². The molecule has 0 aliphatic heterocycles. The monoisotopic (exact) mass is 239 g/mol. The molecule has 0 aliphatic rings. The van der Waals surface area contributed by atoms with Crippen molar-refractivity contribution in [2.75, 3.05) is 11.9 Å². The lowest BCUT2D eigenvalue weighted by Crippen LogP contribution is -2.25. The van der Waals surface area contributed by atoms with Gasteiger partial charge >= 0.3 is 0 Å². The molecule has 0 bridgehead atoms. The maximum absolute atomic E-state index is 2.25. The van der Waals surface area contributed by atoms with Gasteiger partial charge in [0.05, 0.1) is 0 Å². The van der Waals surface area contributed by atoms with Crippen molar-refractivity contribution in [3.63, 3.8) is 0 Å². The minimum Gasteiger partial charge on any atom is -0.372 e. The summed E-state index contributed by atoms with van der Waals surface area (Å²) in [6.07, 6.45) is 0. The molecule has 0 fully saturated rings. The van der Waals surface area contributed by atoms with Crippen molar-refractivity contribution in [3.05, 3.63) is 30.3 Å². The Bertz CT molecular complexity index is 204. The second-order valence-electron chi connectivity index (χ2n) is 3.04. The maximum Gasteiger partial charge on any atom is 0.0365 e. The van der Waals surface area contributed by atoms with Crippen LogP contribution in [0.15, 0.2) is 30.3 Å². The zero-order chi connectivity index (χ0) is 14.3. The van der Waals surface area contributed by atoms with Crippen LogP contribution in [0.3, 0.4) is 0 Å². The quantitative estimate of drug-likeness (QED) is 0.648. The van der Waals surface area contributed by atoms with Gasteiger partial charge in [0.2, 0.25) is 0 Å². The molecule has 0 N–H and O–H groups in total. The maximum atomic E-state index is 2.25. The van der Waals surface area contributed by atoms with Gasteiger partial charge in [-0.1, -0.05) is 59.7 Å². The highest BCUT2D eigenvalue weighted by Gasteiger charge is 2.01. The van der Waals surface area contributed by atoms with Gasteiger partial charge in [-0.25, -0.2) is 0 Å². The van der Waals surface area contributed by atoms with Crippen LogP contribution < -0.4 is 4.90 Å². The molecule has 0 saturated carbocycles. The third kappa shape index (κ3) is 11.3. The van der Waals surface area contributed by atoms with E-state index in [1.165, 1.54) is 5.69 Å². The van der Waals surface area contributed by atoms with E-state index in [1.54, 1.807) is 0 Å². The number of benzene rings is 1. The van der Waals surface area contributed by atoms with Crippen molar-refractivity contribution in [2.45, 2.75) is 61.4 Å². The Hall–Kier alpha value is -0.980. The van der Waals surface area contributed by atoms with Crippen molar-refractivity contribution in [1.29, 1.82) is 0 Å². The molecule has 0 radical (unpaired) electrons. The third-order valence-corrected chi connectivity index (χ3v) is 1.94. The molecule has 102 valence electrons. The first kappa shape index (κ1) is 21.3. The molecule has 17 heavy (non-hydrogen) atoms. The average molecular weight is 239 g/mol. The molecule has 1 rings (SSSR count). The smallest absolute Gasteiger partial charge is 0.0365 e. The van der Waals surface area contributed by atoms with Gasteiger partial charge in [-0.2, -0.15) is 0 Å². The van der Waals surface area contributed by atoms with E-state index in [4.69, 9.17) is 0 Å². The van der Waals surface area contributed by atoms with Crippen molar-refractivity contribution in [3.8, 4) is 0 Å². The fourth-order valence-electron chi connectivity index (χ4n) is 0.961. The molecule has 1 aromatic rings. The molecule has 1 nitrogen and oxygen atoms in total. The van der Waals surface area contributed by atoms with Gasteiger partial charge in [0.25, 0.3) is 0 Å². The first-order chi connectivity index (χ1) is 8.22. The minimum atomic E-state index is 0.567. The summed E-state index contributed by atoms with van der Waals surface area (Å²) in [5.74, 6) is 0. The van der Waals surface area contributed by atoms with Crippen LogP contribution in [-0.2, 0) is 0 Å². The molecule has 0 heterocycles. The fraction of sp³-hybridized carbons (Fsp3) is 0.625. The Labute approximate surface area is 110 Å². The van der Waals surface area contributed by atoms with E-state index in [1.807, 2.05) is 47.6 Å². The Morgan fingerprint density at radius 3 is 1.41 bits per heavy atom. The van der Waals surface area contributed by atoms with Crippen LogP contribution in [-0.4, -0.2) is 13.1 Å². The standard InChI is InChI=1S/C10H15N.3C2H6/c1-9(2)11(3)10-7-5-4-6-8-10;3*1-2/h4-9H,1-3H3;3*1-2H3. The van der Waals surface area contributed by atoms with Crippen molar-refractivity contribution >= 4 is 5.69 Å². The highest BCUT2D eigenvalue weighted by molar-refractivity contribution is 5.45. The summed E-state index contributed by atoms with van der Waals surface area (Å²) >= 11 is 0. The van der Waals surface area contributed by atoms with E-state index >= 15 is 0 Å². The summed E-state index contributed by atoms with van der Waals surface area (Å²) in [5, 5.41) is 0. The van der Waals surface area contributed by atoms with Crippen LogP contribution in [0, 0.1) is 0 Å². The van der Waals surface area contributed by atoms with Crippen molar-refractivity contribution < 1.29 is 0 Å². The molecule has 0 saturated heterocycles. The van der Waals surface area contributed by atoms with Crippen molar-refractivity contribution in [2.24, 2.45) is 0 Å². The minimum absolute atomic E-state index is 0.567. The van der Waals surface area contributed by atoms with Gasteiger partial charge < -0.3 is 4.90 Å². The van der Waals surface area contributed by atoms with E-state index in [-0.39, 0.29) is 0 Å². The number of para-hydroxylation sites is 1. The predicted molar refractivity (Wildman–Crippen MR) is 84.0 cm³/mol. The summed E-state index contributed by atoms with van der Waals surface area (Å²) in [4.78, 5) is 2.25. The first-order valence-electron chi connectivity index (χ1n) is 6.99. The molecule has 1 aromatic carbocycles. The van der Waals surface area contributed by atoms with E-state index in [9.17, 15) is 0 Å². The lowest BCUT2D eigenvalue weighted by molar-refractivity contribution is 0.755. The van der Waals surface area contributed by atoms with Crippen LogP contribution in [0.4, 0.5) is 5.69 Å². The van der Waals surface area contributed by atoms with Crippen molar-refractivity contribution in [1.82, 2.24) is 0 Å². The van der Waals surface area contributed by atoms with Gasteiger partial charge in [0, 0.05) is 18.8 Å². The lowest BCUT2D eigenvalue weighted by Gasteiger charge is -2.23. The third-order valence-electron chi connectivity index (χ3n) is 1.94. The molecule has 0 amide bonds. The molecule has 0 aliphatic carbocycles. The number of hydrogen-bond donors (Lipinski definition) is 0. The zero-order valence-corrected chi connectivity index (χ0v) is 13.4. The number of hydrogen-bond acceptors (Lipinski definition) is 1. The predicted octanol–water partition coefficient (Wildman–Crippen LogP) is 5.61. The Kier molecular flexibility index (Phi) is 21.8. The van der Waals surface area contributed by atoms with E-state index in [0.29, 0.717) is 6.04 Å². The summed E-state index contributed by atoms with van der Waals surface area (Å²) in [5.41, 5.74) is 1.28. The molecule has 0 aromatic heterocycles. The molecule has 0 atom stereocenters. The van der Waals surface area contributed by atoms with Gasteiger partial charge in [-0.15, -0.1) is 0 Å². The SMILES string of the molecule is CC.CC.CC.CC(C)N(C)c1ccccc1. The Balaban J connectivity index is -0.000000285. The van der Waals surface area contributed by atoms with Gasteiger partial charge in [-0.3, -0.25) is 0 Å². The Morgan fingerprint density at radius 2 is 1.12 bits per heavy atom. The zero-order valence-electron chi connectivity index (χ0n) is 13.4. The molecule has 0 unspecified atom stereocenters. The van der Waals surface area contributed by atoms with Crippen LogP contribution in [0.2, 0.25) is 0 Å². The van der Waals surface area contributed by atoms with Gasteiger partial charge in [-0.05, 0) is 26.0 Å². The van der Waals surface area contributed by atoms with Crippen LogP contribution in [0.25, 0.3) is 0 Å². The Morgan fingerprint density at radius 1 is 0.765 bits per heavy atom. The van der Waals surface area contributed by atoms with Crippen LogP contribution >= 0.6 is 0 Å². The number of anilines is 1. The summed E-state index contributed by atoms with van der Waals surface area (Å²) in [6.45, 7) is 16.4. The molecule has 0 spiro atoms. The highest BCUT2D eigenvalue weighted by atomic mass is 15.1. The van der Waals surface area contributed by atoms with Crippen LogP contribution in [0.5, 0.6) is 0 Å². The topological polar surface area (TPSA) is 3.24 Å². The highest BCUT2D eigenvalue weighted by Crippen LogP contribution is 2.12. The largest absolute Gasteiger partial charge is 0.372 e. The average Bonchev–Trinajstić information content (AvgIpc) is 2.45. The van der Waals surface area contributed by atoms with Gasteiger partial charge in [0.1, 0.15) is 0 Å². The summed E-state index contributed by atoms with van der Waals surface area (Å²) in [7, 11) is 2.11. The fourth-order valence-corrected chi connectivity index (χ4v) is 0.961. The number of nitrogens with zero attached hydrogens (tertiary/aromatic N) is 1. The van der Waals surface area contributed by atoms with E-state index < -0.39 is 0 Å². The molecular weight excluding hydrogens is 206 g/mol. The molecular formula is C16H33N. The lowest BCUT2D eigenvalue weighted by atomic mass is 10.2. The summed E-state index contributed by atoms with van der Waals surface area (Å²) < 4.78 is 0. The number of rotatable bonds is 2. The second-order valence-corrected chi connectivity index (χ2v) is 3.04. The normalized spacial score (nSPS) is 7.65. The van der Waals surface area contributed by atoms with Gasteiger partial charge in [0.15, 0.2) is 0 Å². The molecule has 1 heteroatoms. The second kappa shape index (κ2) is 17.4. The summed E-state index contributed by atoms with van der Waals surface area (Å²) in [6, 6.07) is 11.0.